The van der Waals surface area contributed by atoms with Crippen molar-refractivity contribution >= 4 is 27.5 Å². The van der Waals surface area contributed by atoms with Crippen LogP contribution in [-0.4, -0.2) is 6.54 Å². The van der Waals surface area contributed by atoms with Crippen molar-refractivity contribution in [1.82, 2.24) is 5.32 Å². The normalized spacial score (nSPS) is 25.3. The SMILES string of the molecule is CCNC(c1ccc(Br)cc1Cl)C1CCCC(C)C1. The van der Waals surface area contributed by atoms with Crippen molar-refractivity contribution in [2.75, 3.05) is 6.54 Å². The first-order chi connectivity index (χ1) is 9.11. The van der Waals surface area contributed by atoms with E-state index in [1.807, 2.05) is 6.07 Å². The van der Waals surface area contributed by atoms with Crippen molar-refractivity contribution in [3.63, 3.8) is 0 Å². The molecule has 0 bridgehead atoms. The summed E-state index contributed by atoms with van der Waals surface area (Å²) in [7, 11) is 0. The molecule has 3 heteroatoms. The fourth-order valence-corrected chi connectivity index (χ4v) is 4.08. The van der Waals surface area contributed by atoms with Gasteiger partial charge in [-0.1, -0.05) is 60.3 Å². The molecular weight excluding hydrogens is 322 g/mol. The molecule has 0 saturated heterocycles. The van der Waals surface area contributed by atoms with Gasteiger partial charge < -0.3 is 5.32 Å². The Morgan fingerprint density at radius 2 is 2.21 bits per heavy atom. The van der Waals surface area contributed by atoms with E-state index < -0.39 is 0 Å². The average Bonchev–Trinajstić information content (AvgIpc) is 2.37. The predicted molar refractivity (Wildman–Crippen MR) is 86.7 cm³/mol. The molecule has 0 amide bonds. The van der Waals surface area contributed by atoms with Gasteiger partial charge in [0.1, 0.15) is 0 Å². The average molecular weight is 345 g/mol. The number of hydrogen-bond donors (Lipinski definition) is 1. The van der Waals surface area contributed by atoms with E-state index in [-0.39, 0.29) is 0 Å². The number of benzene rings is 1. The van der Waals surface area contributed by atoms with Crippen LogP contribution in [0.25, 0.3) is 0 Å². The predicted octanol–water partition coefficient (Wildman–Crippen LogP) is 5.58. The summed E-state index contributed by atoms with van der Waals surface area (Å²) in [4.78, 5) is 0. The van der Waals surface area contributed by atoms with E-state index in [0.717, 1.165) is 22.0 Å². The Morgan fingerprint density at radius 1 is 1.42 bits per heavy atom. The molecule has 1 fully saturated rings. The van der Waals surface area contributed by atoms with E-state index >= 15 is 0 Å². The number of rotatable bonds is 4. The van der Waals surface area contributed by atoms with Gasteiger partial charge in [0, 0.05) is 15.5 Å². The monoisotopic (exact) mass is 343 g/mol. The zero-order valence-electron chi connectivity index (χ0n) is 11.8. The summed E-state index contributed by atoms with van der Waals surface area (Å²) < 4.78 is 1.05. The maximum Gasteiger partial charge on any atom is 0.0465 e. The van der Waals surface area contributed by atoms with Crippen LogP contribution in [-0.2, 0) is 0 Å². The van der Waals surface area contributed by atoms with Crippen LogP contribution < -0.4 is 5.32 Å². The van der Waals surface area contributed by atoms with E-state index in [0.29, 0.717) is 12.0 Å². The first kappa shape index (κ1) is 15.3. The molecule has 19 heavy (non-hydrogen) atoms. The molecule has 1 saturated carbocycles. The Morgan fingerprint density at radius 3 is 2.84 bits per heavy atom. The van der Waals surface area contributed by atoms with Gasteiger partial charge in [-0.05, 0) is 48.9 Å². The maximum atomic E-state index is 6.45. The molecule has 0 radical (unpaired) electrons. The van der Waals surface area contributed by atoms with E-state index in [4.69, 9.17) is 11.6 Å². The molecule has 1 aromatic rings. The van der Waals surface area contributed by atoms with E-state index in [1.165, 1.54) is 31.2 Å². The third-order valence-electron chi connectivity index (χ3n) is 4.17. The zero-order valence-corrected chi connectivity index (χ0v) is 14.1. The van der Waals surface area contributed by atoms with Crippen molar-refractivity contribution < 1.29 is 0 Å². The Hall–Kier alpha value is -0.0500. The highest BCUT2D eigenvalue weighted by atomic mass is 79.9. The molecule has 0 heterocycles. The van der Waals surface area contributed by atoms with Gasteiger partial charge in [-0.25, -0.2) is 0 Å². The van der Waals surface area contributed by atoms with Crippen molar-refractivity contribution in [2.45, 2.75) is 45.6 Å². The van der Waals surface area contributed by atoms with Crippen LogP contribution in [0.5, 0.6) is 0 Å². The molecule has 3 unspecified atom stereocenters. The lowest BCUT2D eigenvalue weighted by Gasteiger charge is -2.34. The highest BCUT2D eigenvalue weighted by molar-refractivity contribution is 9.10. The molecule has 1 nitrogen and oxygen atoms in total. The van der Waals surface area contributed by atoms with Gasteiger partial charge >= 0.3 is 0 Å². The molecule has 1 N–H and O–H groups in total. The van der Waals surface area contributed by atoms with Crippen molar-refractivity contribution in [3.05, 3.63) is 33.3 Å². The first-order valence-corrected chi connectivity index (χ1v) is 8.47. The van der Waals surface area contributed by atoms with E-state index in [9.17, 15) is 0 Å². The lowest BCUT2D eigenvalue weighted by molar-refractivity contribution is 0.225. The summed E-state index contributed by atoms with van der Waals surface area (Å²) in [5.74, 6) is 1.55. The van der Waals surface area contributed by atoms with Gasteiger partial charge in [-0.3, -0.25) is 0 Å². The van der Waals surface area contributed by atoms with Crippen LogP contribution in [0.4, 0.5) is 0 Å². The fourth-order valence-electron chi connectivity index (χ4n) is 3.29. The molecule has 1 aromatic carbocycles. The summed E-state index contributed by atoms with van der Waals surface area (Å²) in [6.07, 6.45) is 5.35. The molecule has 106 valence electrons. The number of hydrogen-bond acceptors (Lipinski definition) is 1. The van der Waals surface area contributed by atoms with Crippen LogP contribution in [0, 0.1) is 11.8 Å². The van der Waals surface area contributed by atoms with E-state index in [1.54, 1.807) is 0 Å². The maximum absolute atomic E-state index is 6.45. The van der Waals surface area contributed by atoms with Crippen molar-refractivity contribution in [3.8, 4) is 0 Å². The van der Waals surface area contributed by atoms with Gasteiger partial charge in [0.2, 0.25) is 0 Å². The Balaban J connectivity index is 2.23. The van der Waals surface area contributed by atoms with Crippen LogP contribution in [0.1, 0.15) is 51.1 Å². The lowest BCUT2D eigenvalue weighted by atomic mass is 9.76. The van der Waals surface area contributed by atoms with Crippen molar-refractivity contribution in [2.24, 2.45) is 11.8 Å². The van der Waals surface area contributed by atoms with Crippen LogP contribution >= 0.6 is 27.5 Å². The van der Waals surface area contributed by atoms with Crippen LogP contribution in [0.3, 0.4) is 0 Å². The largest absolute Gasteiger partial charge is 0.310 e. The third kappa shape index (κ3) is 3.96. The molecule has 1 aliphatic carbocycles. The minimum absolute atomic E-state index is 0.397. The number of halogens is 2. The number of nitrogens with one attached hydrogen (secondary N) is 1. The van der Waals surface area contributed by atoms with E-state index in [2.05, 4.69) is 47.2 Å². The minimum atomic E-state index is 0.397. The smallest absolute Gasteiger partial charge is 0.0465 e. The summed E-state index contributed by atoms with van der Waals surface area (Å²) in [6.45, 7) is 5.53. The zero-order chi connectivity index (χ0) is 13.8. The standard InChI is InChI=1S/C16H23BrClN/c1-3-19-16(12-6-4-5-11(2)9-12)14-8-7-13(17)10-15(14)18/h7-8,10-12,16,19H,3-6,9H2,1-2H3. The minimum Gasteiger partial charge on any atom is -0.310 e. The highest BCUT2D eigenvalue weighted by Crippen LogP contribution is 2.39. The molecule has 0 aromatic heterocycles. The second-order valence-electron chi connectivity index (χ2n) is 5.73. The summed E-state index contributed by atoms with van der Waals surface area (Å²) in [6, 6.07) is 6.66. The van der Waals surface area contributed by atoms with Gasteiger partial charge in [-0.2, -0.15) is 0 Å². The quantitative estimate of drug-likeness (QED) is 0.752. The fraction of sp³-hybridized carbons (Fsp3) is 0.625. The van der Waals surface area contributed by atoms with Crippen LogP contribution in [0.2, 0.25) is 5.02 Å². The van der Waals surface area contributed by atoms with Crippen molar-refractivity contribution in [1.29, 1.82) is 0 Å². The van der Waals surface area contributed by atoms with Gasteiger partial charge in [0.25, 0.3) is 0 Å². The Kier molecular flexibility index (Phi) is 5.73. The Bertz CT molecular complexity index is 421. The molecule has 0 aliphatic heterocycles. The third-order valence-corrected chi connectivity index (χ3v) is 4.99. The summed E-state index contributed by atoms with van der Waals surface area (Å²) in [5.41, 5.74) is 1.26. The molecule has 2 rings (SSSR count). The van der Waals surface area contributed by atoms with Gasteiger partial charge in [-0.15, -0.1) is 0 Å². The second kappa shape index (κ2) is 7.10. The molecule has 0 spiro atoms. The first-order valence-electron chi connectivity index (χ1n) is 7.30. The van der Waals surface area contributed by atoms with Gasteiger partial charge in [0.15, 0.2) is 0 Å². The highest BCUT2D eigenvalue weighted by Gasteiger charge is 2.28. The van der Waals surface area contributed by atoms with Gasteiger partial charge in [0.05, 0.1) is 0 Å². The molecule has 3 atom stereocenters. The van der Waals surface area contributed by atoms with Crippen LogP contribution in [0.15, 0.2) is 22.7 Å². The molecule has 1 aliphatic rings. The summed E-state index contributed by atoms with van der Waals surface area (Å²) >= 11 is 9.93. The summed E-state index contributed by atoms with van der Waals surface area (Å²) in [5, 5.41) is 4.52. The topological polar surface area (TPSA) is 12.0 Å². The Labute approximate surface area is 130 Å². The lowest BCUT2D eigenvalue weighted by Crippen LogP contribution is -2.31. The molecular formula is C16H23BrClN. The second-order valence-corrected chi connectivity index (χ2v) is 7.06.